The topological polar surface area (TPSA) is 114 Å². The lowest BCUT2D eigenvalue weighted by atomic mass is 9.98. The number of aromatic carboxylic acids is 1. The van der Waals surface area contributed by atoms with Crippen molar-refractivity contribution in [1.29, 1.82) is 0 Å². The minimum atomic E-state index is -0.983. The zero-order valence-electron chi connectivity index (χ0n) is 19.8. The first-order valence-electron chi connectivity index (χ1n) is 11.7. The van der Waals surface area contributed by atoms with Gasteiger partial charge in [-0.1, -0.05) is 12.8 Å². The highest BCUT2D eigenvalue weighted by atomic mass is 16.5. The number of imidazole rings is 1. The fourth-order valence-corrected chi connectivity index (χ4v) is 4.65. The molecule has 0 aliphatic heterocycles. The zero-order valence-corrected chi connectivity index (χ0v) is 19.8. The van der Waals surface area contributed by atoms with Gasteiger partial charge in [-0.3, -0.25) is 0 Å². The van der Waals surface area contributed by atoms with E-state index in [1.54, 1.807) is 32.4 Å². The van der Waals surface area contributed by atoms with Crippen LogP contribution in [0.4, 0.5) is 0 Å². The molecule has 0 saturated heterocycles. The first kappa shape index (κ1) is 24.0. The molecule has 0 amide bonds. The maximum atomic E-state index is 11.4. The molecule has 182 valence electrons. The number of aliphatic hydroxyl groups is 1. The SMILES string of the molecule is COc1cc([C@@H](O)[C@H](CCc2nc3cc(C(=O)O)ccc3[nH]2)OC2CCCC2)cc(OC)c1C. The molecule has 8 heteroatoms. The lowest BCUT2D eigenvalue weighted by Crippen LogP contribution is -2.27. The minimum absolute atomic E-state index is 0.127. The molecule has 1 heterocycles. The summed E-state index contributed by atoms with van der Waals surface area (Å²) in [5.74, 6) is 1.05. The maximum absolute atomic E-state index is 11.4. The van der Waals surface area contributed by atoms with Crippen LogP contribution >= 0.6 is 0 Å². The van der Waals surface area contributed by atoms with Crippen molar-refractivity contribution in [3.8, 4) is 11.5 Å². The normalized spacial score (nSPS) is 16.0. The number of ether oxygens (including phenoxy) is 3. The molecule has 3 aromatic rings. The number of hydrogen-bond donors (Lipinski definition) is 3. The van der Waals surface area contributed by atoms with Gasteiger partial charge in [0.1, 0.15) is 23.4 Å². The number of nitrogens with zero attached hydrogens (tertiary/aromatic N) is 1. The molecule has 0 unspecified atom stereocenters. The third-order valence-electron chi connectivity index (χ3n) is 6.58. The molecule has 2 aromatic carbocycles. The number of carboxylic acids is 1. The molecule has 1 aliphatic rings. The van der Waals surface area contributed by atoms with Gasteiger partial charge in [-0.2, -0.15) is 0 Å². The quantitative estimate of drug-likeness (QED) is 0.399. The second-order valence-electron chi connectivity index (χ2n) is 8.84. The van der Waals surface area contributed by atoms with E-state index in [0.29, 0.717) is 35.4 Å². The van der Waals surface area contributed by atoms with Crippen molar-refractivity contribution in [2.24, 2.45) is 0 Å². The summed E-state index contributed by atoms with van der Waals surface area (Å²) in [6.07, 6.45) is 4.16. The second-order valence-corrected chi connectivity index (χ2v) is 8.84. The Morgan fingerprint density at radius 1 is 1.15 bits per heavy atom. The van der Waals surface area contributed by atoms with Crippen LogP contribution in [0.25, 0.3) is 11.0 Å². The van der Waals surface area contributed by atoms with Gasteiger partial charge in [-0.15, -0.1) is 0 Å². The molecule has 8 nitrogen and oxygen atoms in total. The summed E-state index contributed by atoms with van der Waals surface area (Å²) >= 11 is 0. The van der Waals surface area contributed by atoms with Gasteiger partial charge in [0.05, 0.1) is 43.0 Å². The van der Waals surface area contributed by atoms with Crippen molar-refractivity contribution in [1.82, 2.24) is 9.97 Å². The van der Waals surface area contributed by atoms with Gasteiger partial charge < -0.3 is 29.4 Å². The lowest BCUT2D eigenvalue weighted by molar-refractivity contribution is -0.0794. The Labute approximate surface area is 198 Å². The first-order chi connectivity index (χ1) is 16.4. The Morgan fingerprint density at radius 2 is 1.82 bits per heavy atom. The van der Waals surface area contributed by atoms with Crippen molar-refractivity contribution >= 4 is 17.0 Å². The van der Waals surface area contributed by atoms with E-state index in [1.165, 1.54) is 0 Å². The van der Waals surface area contributed by atoms with Crippen molar-refractivity contribution in [3.05, 3.63) is 52.8 Å². The lowest BCUT2D eigenvalue weighted by Gasteiger charge is -2.27. The van der Waals surface area contributed by atoms with Crippen LogP contribution in [0.15, 0.2) is 30.3 Å². The molecule has 4 rings (SSSR count). The average molecular weight is 469 g/mol. The van der Waals surface area contributed by atoms with E-state index in [9.17, 15) is 15.0 Å². The van der Waals surface area contributed by atoms with E-state index in [4.69, 9.17) is 14.2 Å². The average Bonchev–Trinajstić information content (AvgIpc) is 3.50. The van der Waals surface area contributed by atoms with Gasteiger partial charge in [0.15, 0.2) is 0 Å². The Hall–Kier alpha value is -3.10. The Bertz CT molecular complexity index is 1130. The molecule has 1 fully saturated rings. The summed E-state index contributed by atoms with van der Waals surface area (Å²) < 4.78 is 17.4. The third-order valence-corrected chi connectivity index (χ3v) is 6.58. The smallest absolute Gasteiger partial charge is 0.335 e. The Balaban J connectivity index is 1.56. The molecule has 0 radical (unpaired) electrons. The molecule has 1 saturated carbocycles. The molecule has 3 N–H and O–H groups in total. The van der Waals surface area contributed by atoms with E-state index in [-0.39, 0.29) is 11.7 Å². The number of carboxylic acid groups (broad SMARTS) is 1. The predicted molar refractivity (Wildman–Crippen MR) is 128 cm³/mol. The molecular weight excluding hydrogens is 436 g/mol. The zero-order chi connectivity index (χ0) is 24.2. The summed E-state index contributed by atoms with van der Waals surface area (Å²) in [5, 5.41) is 20.6. The van der Waals surface area contributed by atoms with E-state index in [2.05, 4.69) is 9.97 Å². The number of aryl methyl sites for hydroxylation is 1. The summed E-state index contributed by atoms with van der Waals surface area (Å²) in [5.41, 5.74) is 3.14. The molecular formula is C26H32N2O6. The fraction of sp³-hybridized carbons (Fsp3) is 0.462. The summed E-state index contributed by atoms with van der Waals surface area (Å²) in [6.45, 7) is 1.91. The van der Waals surface area contributed by atoms with E-state index < -0.39 is 18.2 Å². The van der Waals surface area contributed by atoms with Gasteiger partial charge in [-0.05, 0) is 62.1 Å². The number of aromatic nitrogens is 2. The van der Waals surface area contributed by atoms with Crippen LogP contribution in [0.1, 0.15) is 65.5 Å². The largest absolute Gasteiger partial charge is 0.496 e. The van der Waals surface area contributed by atoms with Gasteiger partial charge in [0.25, 0.3) is 0 Å². The number of aromatic amines is 1. The number of H-pyrrole nitrogens is 1. The van der Waals surface area contributed by atoms with Gasteiger partial charge >= 0.3 is 5.97 Å². The standard InChI is InChI=1S/C26H32N2O6/c1-15-22(32-2)13-17(14-23(15)33-3)25(29)21(34-18-6-4-5-7-18)10-11-24-27-19-9-8-16(26(30)31)12-20(19)28-24/h8-9,12-14,18,21,25,29H,4-7,10-11H2,1-3H3,(H,27,28)(H,30,31)/t21-,25+/m0/s1. The second kappa shape index (κ2) is 10.4. The number of hydrogen-bond acceptors (Lipinski definition) is 6. The summed E-state index contributed by atoms with van der Waals surface area (Å²) in [7, 11) is 3.20. The molecule has 2 atom stereocenters. The molecule has 0 spiro atoms. The predicted octanol–water partition coefficient (Wildman–Crippen LogP) is 4.58. The first-order valence-corrected chi connectivity index (χ1v) is 11.7. The van der Waals surface area contributed by atoms with Crippen LogP contribution in [0.3, 0.4) is 0 Å². The van der Waals surface area contributed by atoms with Crippen molar-refractivity contribution in [2.45, 2.75) is 63.8 Å². The van der Waals surface area contributed by atoms with Crippen molar-refractivity contribution in [2.75, 3.05) is 14.2 Å². The highest BCUT2D eigenvalue weighted by Gasteiger charge is 2.28. The number of benzene rings is 2. The molecule has 0 bridgehead atoms. The van der Waals surface area contributed by atoms with E-state index >= 15 is 0 Å². The van der Waals surface area contributed by atoms with E-state index in [0.717, 1.165) is 42.6 Å². The van der Waals surface area contributed by atoms with Gasteiger partial charge in [0, 0.05) is 12.0 Å². The van der Waals surface area contributed by atoms with Crippen LogP contribution in [0.2, 0.25) is 0 Å². The van der Waals surface area contributed by atoms with E-state index in [1.807, 2.05) is 19.1 Å². The minimum Gasteiger partial charge on any atom is -0.496 e. The molecule has 34 heavy (non-hydrogen) atoms. The van der Waals surface area contributed by atoms with Gasteiger partial charge in [-0.25, -0.2) is 9.78 Å². The highest BCUT2D eigenvalue weighted by Crippen LogP contribution is 2.35. The third kappa shape index (κ3) is 5.18. The Morgan fingerprint density at radius 3 is 2.44 bits per heavy atom. The number of aliphatic hydroxyl groups excluding tert-OH is 1. The molecule has 1 aliphatic carbocycles. The number of rotatable bonds is 10. The van der Waals surface area contributed by atoms with Crippen LogP contribution < -0.4 is 9.47 Å². The van der Waals surface area contributed by atoms with Crippen LogP contribution in [-0.2, 0) is 11.2 Å². The number of carbonyl (C=O) groups is 1. The monoisotopic (exact) mass is 468 g/mol. The number of nitrogens with one attached hydrogen (secondary N) is 1. The fourth-order valence-electron chi connectivity index (χ4n) is 4.65. The number of fused-ring (bicyclic) bond motifs is 1. The van der Waals surface area contributed by atoms with Crippen LogP contribution in [0, 0.1) is 6.92 Å². The van der Waals surface area contributed by atoms with Crippen LogP contribution in [0.5, 0.6) is 11.5 Å². The van der Waals surface area contributed by atoms with Crippen molar-refractivity contribution in [3.63, 3.8) is 0 Å². The van der Waals surface area contributed by atoms with Crippen molar-refractivity contribution < 1.29 is 29.2 Å². The maximum Gasteiger partial charge on any atom is 0.335 e. The number of methoxy groups -OCH3 is 2. The summed E-state index contributed by atoms with van der Waals surface area (Å²) in [4.78, 5) is 19.1. The molecule has 1 aromatic heterocycles. The highest BCUT2D eigenvalue weighted by molar-refractivity contribution is 5.92. The Kier molecular flexibility index (Phi) is 7.38. The van der Waals surface area contributed by atoms with Crippen LogP contribution in [-0.4, -0.2) is 52.6 Å². The van der Waals surface area contributed by atoms with Gasteiger partial charge in [0.2, 0.25) is 0 Å². The summed E-state index contributed by atoms with van der Waals surface area (Å²) in [6, 6.07) is 8.51.